The van der Waals surface area contributed by atoms with Crippen LogP contribution in [0.5, 0.6) is 0 Å². The van der Waals surface area contributed by atoms with Gasteiger partial charge in [0, 0.05) is 0 Å². The monoisotopic (exact) mass is 475 g/mol. The van der Waals surface area contributed by atoms with Crippen LogP contribution >= 0.6 is 0 Å². The van der Waals surface area contributed by atoms with Crippen LogP contribution in [0.3, 0.4) is 0 Å². The molecule has 1 N–H and O–H groups in total. The van der Waals surface area contributed by atoms with E-state index in [-0.39, 0.29) is 34.5 Å². The molecule has 0 bridgehead atoms. The Bertz CT molecular complexity index is 1350. The summed E-state index contributed by atoms with van der Waals surface area (Å²) in [6.45, 7) is 5.14. The number of nitrogens with one attached hydrogen (secondary N) is 1. The molecule has 0 saturated carbocycles. The number of nitriles is 1. The van der Waals surface area contributed by atoms with Crippen LogP contribution in [0.25, 0.3) is 0 Å². The van der Waals surface area contributed by atoms with Gasteiger partial charge in [0.15, 0.2) is 15.6 Å². The lowest BCUT2D eigenvalue weighted by molar-refractivity contribution is -0.115. The minimum absolute atomic E-state index is 0.0156. The van der Waals surface area contributed by atoms with Crippen molar-refractivity contribution in [1.82, 2.24) is 4.98 Å². The van der Waals surface area contributed by atoms with Crippen LogP contribution in [0.15, 0.2) is 71.8 Å². The molecule has 0 unspecified atom stereocenters. The van der Waals surface area contributed by atoms with E-state index in [2.05, 4.69) is 16.4 Å². The SMILES string of the molecule is CCS(=O)(=O)c1ccc(CC(=O)Nc2ccc(C(=O)C(C)(C)c3cccc(C#N)c3)nc2)cc1. The lowest BCUT2D eigenvalue weighted by Gasteiger charge is -2.23. The Kier molecular flexibility index (Phi) is 7.28. The minimum Gasteiger partial charge on any atom is -0.324 e. The van der Waals surface area contributed by atoms with Gasteiger partial charge in [-0.25, -0.2) is 8.42 Å². The number of hydrogen-bond acceptors (Lipinski definition) is 6. The van der Waals surface area contributed by atoms with Crippen LogP contribution in [0.1, 0.15) is 48.0 Å². The summed E-state index contributed by atoms with van der Waals surface area (Å²) in [5.41, 5.74) is 1.67. The largest absolute Gasteiger partial charge is 0.324 e. The summed E-state index contributed by atoms with van der Waals surface area (Å²) >= 11 is 0. The molecule has 8 heteroatoms. The first-order valence-electron chi connectivity index (χ1n) is 10.7. The topological polar surface area (TPSA) is 117 Å². The Morgan fingerprint density at radius 3 is 2.35 bits per heavy atom. The van der Waals surface area contributed by atoms with Gasteiger partial charge in [-0.2, -0.15) is 5.26 Å². The number of hydrogen-bond donors (Lipinski definition) is 1. The summed E-state index contributed by atoms with van der Waals surface area (Å²) in [5, 5.41) is 11.9. The van der Waals surface area contributed by atoms with Gasteiger partial charge in [-0.1, -0.05) is 31.2 Å². The average molecular weight is 476 g/mol. The van der Waals surface area contributed by atoms with Crippen LogP contribution in [0, 0.1) is 11.3 Å². The standard InChI is InChI=1S/C26H25N3O4S/c1-4-34(32,33)22-11-8-18(9-12-22)15-24(30)29-21-10-13-23(28-17-21)25(31)26(2,3)20-7-5-6-19(14-20)16-27/h5-14,17H,4,15H2,1-3H3,(H,29,30). The van der Waals surface area contributed by atoms with Gasteiger partial charge in [0.2, 0.25) is 5.91 Å². The first-order valence-corrected chi connectivity index (χ1v) is 12.3. The van der Waals surface area contributed by atoms with Gasteiger partial charge < -0.3 is 5.32 Å². The highest BCUT2D eigenvalue weighted by molar-refractivity contribution is 7.91. The molecule has 1 heterocycles. The number of rotatable bonds is 8. The number of anilines is 1. The Morgan fingerprint density at radius 2 is 1.76 bits per heavy atom. The van der Waals surface area contributed by atoms with Gasteiger partial charge in [-0.3, -0.25) is 14.6 Å². The van der Waals surface area contributed by atoms with Gasteiger partial charge in [-0.15, -0.1) is 0 Å². The van der Waals surface area contributed by atoms with Crippen molar-refractivity contribution in [1.29, 1.82) is 5.26 Å². The Hall–Kier alpha value is -3.83. The maximum absolute atomic E-state index is 13.1. The molecular weight excluding hydrogens is 450 g/mol. The van der Waals surface area contributed by atoms with Crippen LogP contribution in [0.2, 0.25) is 0 Å². The zero-order valence-electron chi connectivity index (χ0n) is 19.2. The molecule has 0 spiro atoms. The summed E-state index contributed by atoms with van der Waals surface area (Å²) in [6.07, 6.45) is 1.49. The highest BCUT2D eigenvalue weighted by Crippen LogP contribution is 2.28. The van der Waals surface area contributed by atoms with E-state index in [9.17, 15) is 18.0 Å². The minimum atomic E-state index is -3.29. The molecule has 0 aliphatic heterocycles. The van der Waals surface area contributed by atoms with Gasteiger partial charge >= 0.3 is 0 Å². The second kappa shape index (κ2) is 9.98. The molecule has 0 atom stereocenters. The summed E-state index contributed by atoms with van der Waals surface area (Å²) in [5.74, 6) is -0.481. The molecule has 7 nitrogen and oxygen atoms in total. The molecule has 0 aliphatic carbocycles. The molecule has 34 heavy (non-hydrogen) atoms. The van der Waals surface area contributed by atoms with Crippen molar-refractivity contribution in [3.8, 4) is 6.07 Å². The summed E-state index contributed by atoms with van der Waals surface area (Å²) in [7, 11) is -3.29. The molecule has 2 aromatic carbocycles. The van der Waals surface area contributed by atoms with Crippen molar-refractivity contribution in [3.05, 3.63) is 89.2 Å². The molecule has 3 aromatic rings. The molecule has 0 radical (unpaired) electrons. The normalized spacial score (nSPS) is 11.5. The van der Waals surface area contributed by atoms with Crippen molar-refractivity contribution in [2.45, 2.75) is 37.5 Å². The first-order chi connectivity index (χ1) is 16.1. The third kappa shape index (κ3) is 5.56. The number of benzene rings is 2. The second-order valence-corrected chi connectivity index (χ2v) is 10.6. The molecule has 0 fully saturated rings. The van der Waals surface area contributed by atoms with E-state index in [0.29, 0.717) is 22.4 Å². The summed E-state index contributed by atoms with van der Waals surface area (Å²) in [6, 6.07) is 18.4. The predicted octanol–water partition coefficient (Wildman–Crippen LogP) is 4.09. The molecule has 3 rings (SSSR count). The molecule has 0 aliphatic rings. The molecule has 174 valence electrons. The average Bonchev–Trinajstić information content (AvgIpc) is 2.84. The molecular formula is C26H25N3O4S. The third-order valence-electron chi connectivity index (χ3n) is 5.59. The third-order valence-corrected chi connectivity index (χ3v) is 7.34. The van der Waals surface area contributed by atoms with E-state index in [1.807, 2.05) is 0 Å². The van der Waals surface area contributed by atoms with Crippen LogP contribution in [-0.4, -0.2) is 30.8 Å². The van der Waals surface area contributed by atoms with Crippen molar-refractivity contribution in [3.63, 3.8) is 0 Å². The van der Waals surface area contributed by atoms with E-state index >= 15 is 0 Å². The van der Waals surface area contributed by atoms with E-state index in [1.54, 1.807) is 69.3 Å². The first kappa shape index (κ1) is 24.8. The maximum Gasteiger partial charge on any atom is 0.228 e. The smallest absolute Gasteiger partial charge is 0.228 e. The van der Waals surface area contributed by atoms with E-state index < -0.39 is 15.3 Å². The Labute approximate surface area is 199 Å². The number of carbonyl (C=O) groups excluding carboxylic acids is 2. The number of amides is 1. The number of sulfone groups is 1. The van der Waals surface area contributed by atoms with Crippen LogP contribution in [-0.2, 0) is 26.5 Å². The Morgan fingerprint density at radius 1 is 1.06 bits per heavy atom. The van der Waals surface area contributed by atoms with Gasteiger partial charge in [0.25, 0.3) is 0 Å². The zero-order chi connectivity index (χ0) is 24.9. The number of ketones is 1. The van der Waals surface area contributed by atoms with Crippen LogP contribution in [0.4, 0.5) is 5.69 Å². The lowest BCUT2D eigenvalue weighted by atomic mass is 9.79. The summed E-state index contributed by atoms with van der Waals surface area (Å²) in [4.78, 5) is 29.9. The fourth-order valence-corrected chi connectivity index (χ4v) is 4.29. The molecule has 1 amide bonds. The van der Waals surface area contributed by atoms with Crippen molar-refractivity contribution < 1.29 is 18.0 Å². The van der Waals surface area contributed by atoms with Crippen LogP contribution < -0.4 is 5.32 Å². The van der Waals surface area contributed by atoms with Crippen molar-refractivity contribution in [2.24, 2.45) is 0 Å². The van der Waals surface area contributed by atoms with Gasteiger partial charge in [0.1, 0.15) is 5.69 Å². The number of nitrogens with zero attached hydrogens (tertiary/aromatic N) is 2. The fourth-order valence-electron chi connectivity index (χ4n) is 3.40. The summed E-state index contributed by atoms with van der Waals surface area (Å²) < 4.78 is 23.8. The number of pyridine rings is 1. The number of aromatic nitrogens is 1. The lowest BCUT2D eigenvalue weighted by Crippen LogP contribution is -2.30. The van der Waals surface area contributed by atoms with Gasteiger partial charge in [-0.05, 0) is 61.4 Å². The molecule has 0 saturated heterocycles. The fraction of sp³-hybridized carbons (Fsp3) is 0.231. The Balaban J connectivity index is 1.66. The van der Waals surface area contributed by atoms with Crippen molar-refractivity contribution in [2.75, 3.05) is 11.1 Å². The zero-order valence-corrected chi connectivity index (χ0v) is 20.0. The van der Waals surface area contributed by atoms with E-state index in [1.165, 1.54) is 18.3 Å². The second-order valence-electron chi connectivity index (χ2n) is 8.35. The highest BCUT2D eigenvalue weighted by atomic mass is 32.2. The maximum atomic E-state index is 13.1. The van der Waals surface area contributed by atoms with Gasteiger partial charge in [0.05, 0.1) is 46.0 Å². The van der Waals surface area contributed by atoms with Crippen molar-refractivity contribution >= 4 is 27.2 Å². The predicted molar refractivity (Wildman–Crippen MR) is 129 cm³/mol. The molecule has 1 aromatic heterocycles. The highest BCUT2D eigenvalue weighted by Gasteiger charge is 2.31. The number of Topliss-reactive ketones (excluding diaryl/α,β-unsaturated/α-hetero) is 1. The van der Waals surface area contributed by atoms with E-state index in [4.69, 9.17) is 5.26 Å². The van der Waals surface area contributed by atoms with E-state index in [0.717, 1.165) is 0 Å². The number of carbonyl (C=O) groups is 2. The quantitative estimate of drug-likeness (QED) is 0.491.